The van der Waals surface area contributed by atoms with Crippen molar-refractivity contribution in [3.05, 3.63) is 54.1 Å². The Hall–Kier alpha value is -3.84. The summed E-state index contributed by atoms with van der Waals surface area (Å²) in [5, 5.41) is 3.79. The van der Waals surface area contributed by atoms with Crippen LogP contribution in [-0.4, -0.2) is 35.6 Å². The van der Waals surface area contributed by atoms with E-state index in [4.69, 9.17) is 5.73 Å². The van der Waals surface area contributed by atoms with Crippen LogP contribution in [0.4, 0.5) is 26.3 Å². The van der Waals surface area contributed by atoms with E-state index < -0.39 is 41.0 Å². The van der Waals surface area contributed by atoms with Gasteiger partial charge in [-0.3, -0.25) is 4.79 Å². The number of halogens is 6. The number of aromatic nitrogens is 6. The molecule has 0 aliphatic heterocycles. The molecule has 0 bridgehead atoms. The Morgan fingerprint density at radius 2 is 1.57 bits per heavy atom. The maximum atomic E-state index is 13.0. The van der Waals surface area contributed by atoms with E-state index in [-0.39, 0.29) is 11.1 Å². The first-order valence-electron chi connectivity index (χ1n) is 7.80. The van der Waals surface area contributed by atoms with Gasteiger partial charge in [0.05, 0.1) is 5.57 Å². The van der Waals surface area contributed by atoms with Gasteiger partial charge in [0.1, 0.15) is 24.0 Å². The summed E-state index contributed by atoms with van der Waals surface area (Å²) in [6, 6.07) is 0.775. The van der Waals surface area contributed by atoms with E-state index in [0.29, 0.717) is 12.1 Å². The molecule has 0 aromatic carbocycles. The van der Waals surface area contributed by atoms with Crippen LogP contribution in [0.15, 0.2) is 37.2 Å². The molecule has 0 radical (unpaired) electrons. The molecule has 2 N–H and O–H groups in total. The SMILES string of the molecule is NC(=O)/C(=C/n1cnc(-c2cc(C(F)(F)F)nc(C(F)(F)F)c2)n1)c1cncnc1. The summed E-state index contributed by atoms with van der Waals surface area (Å²) in [7, 11) is 0. The number of nitrogens with two attached hydrogens (primary N) is 1. The Kier molecular flexibility index (Phi) is 5.24. The van der Waals surface area contributed by atoms with Crippen LogP contribution in [0.5, 0.6) is 0 Å². The molecule has 3 rings (SSSR count). The minimum absolute atomic E-state index is 0.117. The number of amides is 1. The fourth-order valence-electron chi connectivity index (χ4n) is 2.27. The van der Waals surface area contributed by atoms with Crippen LogP contribution in [0.25, 0.3) is 23.2 Å². The molecule has 3 aromatic rings. The largest absolute Gasteiger partial charge is 0.433 e. The van der Waals surface area contributed by atoms with Crippen LogP contribution in [-0.2, 0) is 17.1 Å². The summed E-state index contributed by atoms with van der Waals surface area (Å²) >= 11 is 0. The van der Waals surface area contributed by atoms with Gasteiger partial charge < -0.3 is 5.73 Å². The lowest BCUT2D eigenvalue weighted by Crippen LogP contribution is -2.15. The van der Waals surface area contributed by atoms with E-state index in [1.807, 2.05) is 0 Å². The molecule has 0 fully saturated rings. The quantitative estimate of drug-likeness (QED) is 0.504. The van der Waals surface area contributed by atoms with E-state index in [0.717, 1.165) is 17.2 Å². The Bertz CT molecular complexity index is 1070. The molecule has 1 amide bonds. The predicted molar refractivity (Wildman–Crippen MR) is 88.7 cm³/mol. The molecule has 14 heteroatoms. The Morgan fingerprint density at radius 3 is 2.07 bits per heavy atom. The molecule has 0 unspecified atom stereocenters. The first-order chi connectivity index (χ1) is 13.9. The highest BCUT2D eigenvalue weighted by molar-refractivity contribution is 6.22. The number of hydrogen-bond donors (Lipinski definition) is 1. The lowest BCUT2D eigenvalue weighted by atomic mass is 10.1. The van der Waals surface area contributed by atoms with Crippen LogP contribution >= 0.6 is 0 Å². The van der Waals surface area contributed by atoms with Crippen molar-refractivity contribution in [2.45, 2.75) is 12.4 Å². The van der Waals surface area contributed by atoms with Crippen molar-refractivity contribution >= 4 is 17.7 Å². The Labute approximate surface area is 163 Å². The monoisotopic (exact) mass is 429 g/mol. The van der Waals surface area contributed by atoms with Crippen molar-refractivity contribution in [1.82, 2.24) is 29.7 Å². The third kappa shape index (κ3) is 4.59. The molecule has 0 aliphatic carbocycles. The summed E-state index contributed by atoms with van der Waals surface area (Å²) in [6.45, 7) is 0. The Balaban J connectivity index is 2.06. The first-order valence-corrected chi connectivity index (χ1v) is 7.80. The second kappa shape index (κ2) is 7.53. The topological polar surface area (TPSA) is 112 Å². The average Bonchev–Trinajstić information content (AvgIpc) is 3.13. The zero-order valence-corrected chi connectivity index (χ0v) is 14.5. The Morgan fingerprint density at radius 1 is 1.00 bits per heavy atom. The number of alkyl halides is 6. The number of pyridine rings is 1. The van der Waals surface area contributed by atoms with Crippen molar-refractivity contribution in [1.29, 1.82) is 0 Å². The number of nitrogens with zero attached hydrogens (tertiary/aromatic N) is 6. The van der Waals surface area contributed by atoms with Crippen molar-refractivity contribution in [2.75, 3.05) is 0 Å². The van der Waals surface area contributed by atoms with Gasteiger partial charge in [0.25, 0.3) is 5.91 Å². The number of primary amides is 1. The van der Waals surface area contributed by atoms with E-state index >= 15 is 0 Å². The standard InChI is InChI=1S/C16H9F6N7O/c17-15(18,19)11-1-8(2-12(27-11)16(20,21)22)14-26-7-29(28-14)5-10(13(23)30)9-3-24-6-25-4-9/h1-7H,(H2,23,30)/b10-5+. The number of hydrogen-bond acceptors (Lipinski definition) is 6. The van der Waals surface area contributed by atoms with Crippen LogP contribution in [0.2, 0.25) is 0 Å². The van der Waals surface area contributed by atoms with Crippen molar-refractivity contribution in [2.24, 2.45) is 5.73 Å². The fraction of sp³-hybridized carbons (Fsp3) is 0.125. The minimum Gasteiger partial charge on any atom is -0.366 e. The van der Waals surface area contributed by atoms with Gasteiger partial charge in [-0.05, 0) is 12.1 Å². The molecule has 0 saturated heterocycles. The molecule has 3 aromatic heterocycles. The molecule has 0 aliphatic rings. The summed E-state index contributed by atoms with van der Waals surface area (Å²) in [5.74, 6) is -1.36. The van der Waals surface area contributed by atoms with Gasteiger partial charge in [0, 0.05) is 29.7 Å². The lowest BCUT2D eigenvalue weighted by Gasteiger charge is -2.11. The van der Waals surface area contributed by atoms with Crippen LogP contribution < -0.4 is 5.73 Å². The highest BCUT2D eigenvalue weighted by Crippen LogP contribution is 2.35. The molecule has 8 nitrogen and oxygen atoms in total. The highest BCUT2D eigenvalue weighted by Gasteiger charge is 2.39. The second-order valence-corrected chi connectivity index (χ2v) is 5.70. The zero-order valence-electron chi connectivity index (χ0n) is 14.5. The summed E-state index contributed by atoms with van der Waals surface area (Å²) in [5.41, 5.74) is 1.31. The molecule has 0 spiro atoms. The van der Waals surface area contributed by atoms with Crippen molar-refractivity contribution < 1.29 is 31.1 Å². The average molecular weight is 429 g/mol. The first kappa shape index (κ1) is 20.9. The van der Waals surface area contributed by atoms with Crippen LogP contribution in [0.3, 0.4) is 0 Å². The van der Waals surface area contributed by atoms with Crippen LogP contribution in [0, 0.1) is 0 Å². The second-order valence-electron chi connectivity index (χ2n) is 5.70. The van der Waals surface area contributed by atoms with Gasteiger partial charge in [0.2, 0.25) is 0 Å². The minimum atomic E-state index is -5.12. The summed E-state index contributed by atoms with van der Waals surface area (Å²) < 4.78 is 78.6. The lowest BCUT2D eigenvalue weighted by molar-refractivity contribution is -0.150. The smallest absolute Gasteiger partial charge is 0.366 e. The van der Waals surface area contributed by atoms with Gasteiger partial charge in [-0.1, -0.05) is 0 Å². The number of carbonyl (C=O) groups is 1. The highest BCUT2D eigenvalue weighted by atomic mass is 19.4. The van der Waals surface area contributed by atoms with Gasteiger partial charge in [0.15, 0.2) is 5.82 Å². The van der Waals surface area contributed by atoms with E-state index in [1.54, 1.807) is 0 Å². The van der Waals surface area contributed by atoms with Gasteiger partial charge in [-0.25, -0.2) is 24.6 Å². The van der Waals surface area contributed by atoms with Gasteiger partial charge in [-0.2, -0.15) is 26.3 Å². The molecule has 3 heterocycles. The maximum Gasteiger partial charge on any atom is 0.433 e. The third-order valence-electron chi connectivity index (χ3n) is 3.57. The van der Waals surface area contributed by atoms with E-state index in [2.05, 4.69) is 25.0 Å². The predicted octanol–water partition coefficient (Wildman–Crippen LogP) is 2.65. The van der Waals surface area contributed by atoms with Crippen molar-refractivity contribution in [3.63, 3.8) is 0 Å². The molecule has 0 saturated carbocycles. The molecule has 30 heavy (non-hydrogen) atoms. The van der Waals surface area contributed by atoms with Crippen LogP contribution in [0.1, 0.15) is 17.0 Å². The molecular formula is C16H9F6N7O. The van der Waals surface area contributed by atoms with Gasteiger partial charge >= 0.3 is 12.4 Å². The summed E-state index contributed by atoms with van der Waals surface area (Å²) in [6.07, 6.45) is -4.44. The number of rotatable bonds is 4. The third-order valence-corrected chi connectivity index (χ3v) is 3.57. The maximum absolute atomic E-state index is 13.0. The summed E-state index contributed by atoms with van der Waals surface area (Å²) in [4.78, 5) is 25.4. The van der Waals surface area contributed by atoms with Gasteiger partial charge in [-0.15, -0.1) is 5.10 Å². The zero-order chi connectivity index (χ0) is 22.1. The molecule has 0 atom stereocenters. The van der Waals surface area contributed by atoms with Crippen molar-refractivity contribution in [3.8, 4) is 11.4 Å². The van der Waals surface area contributed by atoms with E-state index in [9.17, 15) is 31.1 Å². The van der Waals surface area contributed by atoms with E-state index in [1.165, 1.54) is 18.7 Å². The number of carbonyl (C=O) groups excluding carboxylic acids is 1. The normalized spacial score (nSPS) is 12.8. The molecule has 156 valence electrons. The molecular weight excluding hydrogens is 420 g/mol. The fourth-order valence-corrected chi connectivity index (χ4v) is 2.27.